The molecule has 8 nitrogen and oxygen atoms in total. The van der Waals surface area contributed by atoms with E-state index in [1.165, 1.54) is 0 Å². The van der Waals surface area contributed by atoms with Crippen molar-refractivity contribution in [3.63, 3.8) is 0 Å². The molecular formula is C23H30N2O6. The lowest BCUT2D eigenvalue weighted by Crippen LogP contribution is -2.56. The highest BCUT2D eigenvalue weighted by Gasteiger charge is 2.53. The zero-order valence-corrected chi connectivity index (χ0v) is 18.4. The zero-order chi connectivity index (χ0) is 22.2. The highest BCUT2D eigenvalue weighted by Crippen LogP contribution is 2.43. The van der Waals surface area contributed by atoms with E-state index in [4.69, 9.17) is 18.9 Å². The van der Waals surface area contributed by atoms with E-state index in [-0.39, 0.29) is 12.0 Å². The molecule has 2 amide bonds. The molecule has 0 saturated carbocycles. The Bertz CT molecular complexity index is 879. The van der Waals surface area contributed by atoms with Gasteiger partial charge in [0.1, 0.15) is 24.4 Å². The van der Waals surface area contributed by atoms with Gasteiger partial charge in [-0.3, -0.25) is 4.90 Å². The summed E-state index contributed by atoms with van der Waals surface area (Å²) < 4.78 is 22.8. The Morgan fingerprint density at radius 3 is 2.74 bits per heavy atom. The largest absolute Gasteiger partial charge is 0.486 e. The third kappa shape index (κ3) is 4.29. The topological polar surface area (TPSA) is 77.5 Å². The summed E-state index contributed by atoms with van der Waals surface area (Å²) in [5.41, 5.74) is -0.537. The second kappa shape index (κ2) is 7.98. The molecule has 0 N–H and O–H groups in total. The minimum absolute atomic E-state index is 0.0718. The first-order valence-electron chi connectivity index (χ1n) is 10.7. The first-order chi connectivity index (χ1) is 14.7. The van der Waals surface area contributed by atoms with Gasteiger partial charge in [-0.25, -0.2) is 9.59 Å². The van der Waals surface area contributed by atoms with E-state index in [0.717, 1.165) is 0 Å². The Hall–Kier alpha value is -2.90. The summed E-state index contributed by atoms with van der Waals surface area (Å²) in [5, 5.41) is 0. The molecule has 1 spiro atoms. The van der Waals surface area contributed by atoms with E-state index in [1.54, 1.807) is 9.80 Å². The van der Waals surface area contributed by atoms with Gasteiger partial charge in [0.25, 0.3) is 0 Å². The number of nitrogens with zero attached hydrogens (tertiary/aromatic N) is 2. The van der Waals surface area contributed by atoms with E-state index in [2.05, 4.69) is 6.58 Å². The maximum atomic E-state index is 12.9. The smallest absolute Gasteiger partial charge is 0.415 e. The number of benzene rings is 1. The molecule has 2 atom stereocenters. The quantitative estimate of drug-likeness (QED) is 0.675. The van der Waals surface area contributed by atoms with Crippen molar-refractivity contribution in [2.75, 3.05) is 37.7 Å². The number of allylic oxidation sites excluding steroid dienone is 1. The molecule has 168 valence electrons. The van der Waals surface area contributed by atoms with E-state index < -0.39 is 17.3 Å². The molecule has 0 aromatic heterocycles. The zero-order valence-electron chi connectivity index (χ0n) is 18.4. The van der Waals surface area contributed by atoms with Gasteiger partial charge in [-0.1, -0.05) is 6.08 Å². The van der Waals surface area contributed by atoms with Crippen LogP contribution < -0.4 is 14.4 Å². The number of likely N-dealkylation sites (tertiary alicyclic amines) is 1. The van der Waals surface area contributed by atoms with E-state index in [0.29, 0.717) is 62.9 Å². The van der Waals surface area contributed by atoms with Gasteiger partial charge in [-0.05, 0) is 39.3 Å². The van der Waals surface area contributed by atoms with Crippen molar-refractivity contribution in [2.24, 2.45) is 5.92 Å². The highest BCUT2D eigenvalue weighted by atomic mass is 16.6. The molecule has 4 rings (SSSR count). The van der Waals surface area contributed by atoms with Crippen molar-refractivity contribution >= 4 is 17.9 Å². The average Bonchev–Trinajstić information content (AvgIpc) is 3.05. The number of carbonyl (C=O) groups excluding carboxylic acids is 2. The molecule has 1 aromatic carbocycles. The predicted molar refractivity (Wildman–Crippen MR) is 115 cm³/mol. The number of fused-ring (bicyclic) bond motifs is 1. The molecular weight excluding hydrogens is 400 g/mol. The summed E-state index contributed by atoms with van der Waals surface area (Å²) in [7, 11) is 0. The molecule has 3 aliphatic rings. The number of hydrogen-bond donors (Lipinski definition) is 0. The summed E-state index contributed by atoms with van der Waals surface area (Å²) in [6.45, 7) is 11.7. The fraction of sp³-hybridized carbons (Fsp3) is 0.565. The maximum Gasteiger partial charge on any atom is 0.415 e. The van der Waals surface area contributed by atoms with Crippen molar-refractivity contribution < 1.29 is 28.5 Å². The molecule has 8 heteroatoms. The van der Waals surface area contributed by atoms with Crippen LogP contribution in [0.15, 0.2) is 30.9 Å². The Morgan fingerprint density at radius 1 is 1.29 bits per heavy atom. The van der Waals surface area contributed by atoms with Crippen molar-refractivity contribution in [3.05, 3.63) is 30.9 Å². The number of carbonyl (C=O) groups is 2. The Kier molecular flexibility index (Phi) is 5.49. The van der Waals surface area contributed by atoms with Gasteiger partial charge in [0.2, 0.25) is 0 Å². The summed E-state index contributed by atoms with van der Waals surface area (Å²) in [6, 6.07) is 5.47. The van der Waals surface area contributed by atoms with Crippen LogP contribution in [-0.2, 0) is 9.47 Å². The summed E-state index contributed by atoms with van der Waals surface area (Å²) in [5.74, 6) is 1.23. The molecule has 0 bridgehead atoms. The lowest BCUT2D eigenvalue weighted by atomic mass is 9.79. The van der Waals surface area contributed by atoms with Crippen molar-refractivity contribution in [2.45, 2.75) is 44.8 Å². The molecule has 2 fully saturated rings. The third-order valence-corrected chi connectivity index (χ3v) is 5.87. The van der Waals surface area contributed by atoms with Gasteiger partial charge in [0.05, 0.1) is 12.2 Å². The standard InChI is InChI=1S/C23H30N2O6/c1-5-6-16-14-24(20(26)30-22(2,3)4)10-9-23(16)15-25(21(27)31-23)17-7-8-18-19(13-17)29-12-11-28-18/h5,7-8,13,16H,1,6,9-12,14-15H2,2-4H3. The molecule has 1 aromatic rings. The van der Waals surface area contributed by atoms with Crippen LogP contribution in [0.2, 0.25) is 0 Å². The second-order valence-corrected chi connectivity index (χ2v) is 9.24. The number of rotatable bonds is 3. The number of hydrogen-bond acceptors (Lipinski definition) is 6. The fourth-order valence-electron chi connectivity index (χ4n) is 4.37. The van der Waals surface area contributed by atoms with Crippen LogP contribution in [-0.4, -0.2) is 61.1 Å². The molecule has 2 unspecified atom stereocenters. The first-order valence-corrected chi connectivity index (χ1v) is 10.7. The number of amides is 2. The normalized spacial score (nSPS) is 25.4. The van der Waals surface area contributed by atoms with Crippen LogP contribution >= 0.6 is 0 Å². The molecule has 0 radical (unpaired) electrons. The van der Waals surface area contributed by atoms with Gasteiger partial charge in [0, 0.05) is 31.5 Å². The van der Waals surface area contributed by atoms with Crippen molar-refractivity contribution in [1.82, 2.24) is 4.90 Å². The van der Waals surface area contributed by atoms with Crippen LogP contribution in [0.25, 0.3) is 0 Å². The fourth-order valence-corrected chi connectivity index (χ4v) is 4.37. The van der Waals surface area contributed by atoms with Gasteiger partial charge < -0.3 is 23.8 Å². The highest BCUT2D eigenvalue weighted by molar-refractivity contribution is 5.91. The second-order valence-electron chi connectivity index (χ2n) is 9.24. The molecule has 2 saturated heterocycles. The predicted octanol–water partition coefficient (Wildman–Crippen LogP) is 3.99. The first kappa shape index (κ1) is 21.3. The minimum atomic E-state index is -0.683. The Labute approximate surface area is 182 Å². The van der Waals surface area contributed by atoms with Crippen LogP contribution in [0.4, 0.5) is 15.3 Å². The Balaban J connectivity index is 1.52. The van der Waals surface area contributed by atoms with Crippen molar-refractivity contribution in [1.29, 1.82) is 0 Å². The molecule has 31 heavy (non-hydrogen) atoms. The lowest BCUT2D eigenvalue weighted by Gasteiger charge is -2.43. The summed E-state index contributed by atoms with van der Waals surface area (Å²) in [4.78, 5) is 28.8. The monoisotopic (exact) mass is 430 g/mol. The number of ether oxygens (including phenoxy) is 4. The molecule has 3 aliphatic heterocycles. The number of anilines is 1. The van der Waals surface area contributed by atoms with E-state index in [9.17, 15) is 9.59 Å². The van der Waals surface area contributed by atoms with Crippen LogP contribution in [0.5, 0.6) is 11.5 Å². The average molecular weight is 431 g/mol. The molecule has 0 aliphatic carbocycles. The van der Waals surface area contributed by atoms with Gasteiger partial charge >= 0.3 is 12.2 Å². The van der Waals surface area contributed by atoms with Gasteiger partial charge in [-0.15, -0.1) is 6.58 Å². The SMILES string of the molecule is C=CCC1CN(C(=O)OC(C)(C)C)CCC12CN(c1ccc3c(c1)OCCO3)C(=O)O2. The van der Waals surface area contributed by atoms with Gasteiger partial charge in [0.15, 0.2) is 11.5 Å². The van der Waals surface area contributed by atoms with Crippen LogP contribution in [0, 0.1) is 5.92 Å². The minimum Gasteiger partial charge on any atom is -0.486 e. The van der Waals surface area contributed by atoms with Crippen molar-refractivity contribution in [3.8, 4) is 11.5 Å². The summed E-state index contributed by atoms with van der Waals surface area (Å²) >= 11 is 0. The maximum absolute atomic E-state index is 12.9. The molecule has 3 heterocycles. The lowest BCUT2D eigenvalue weighted by molar-refractivity contribution is -0.0526. The Morgan fingerprint density at radius 2 is 2.03 bits per heavy atom. The number of piperidine rings is 1. The van der Waals surface area contributed by atoms with Crippen LogP contribution in [0.1, 0.15) is 33.6 Å². The van der Waals surface area contributed by atoms with E-state index >= 15 is 0 Å². The van der Waals surface area contributed by atoms with Crippen LogP contribution in [0.3, 0.4) is 0 Å². The third-order valence-electron chi connectivity index (χ3n) is 5.87. The van der Waals surface area contributed by atoms with Gasteiger partial charge in [-0.2, -0.15) is 0 Å². The summed E-state index contributed by atoms with van der Waals surface area (Å²) in [6.07, 6.45) is 2.24. The van der Waals surface area contributed by atoms with E-state index in [1.807, 2.05) is 45.0 Å².